The lowest BCUT2D eigenvalue weighted by Crippen LogP contribution is -2.50. The number of methoxy groups -OCH3 is 1. The Balaban J connectivity index is 1.90. The third-order valence-electron chi connectivity index (χ3n) is 4.76. The highest BCUT2D eigenvalue weighted by molar-refractivity contribution is 6.79. The number of halogens is 6. The second-order valence-electron chi connectivity index (χ2n) is 6.94. The normalized spacial score (nSPS) is 17.4. The van der Waals surface area contributed by atoms with Gasteiger partial charge in [0, 0.05) is 5.56 Å². The van der Waals surface area contributed by atoms with E-state index in [4.69, 9.17) is 83.8 Å². The molecule has 0 radical (unpaired) electrons. The molecular weight excluding hydrogens is 555 g/mol. The van der Waals surface area contributed by atoms with Crippen LogP contribution in [0.3, 0.4) is 0 Å². The molecular formula is C21H15Cl6N3O3. The molecule has 2 aromatic rings. The number of fused-ring (bicyclic) bond motifs is 1. The molecule has 0 atom stereocenters. The van der Waals surface area contributed by atoms with Crippen molar-refractivity contribution >= 4 is 87.4 Å². The van der Waals surface area contributed by atoms with Gasteiger partial charge in [0.25, 0.3) is 0 Å². The fourth-order valence-electron chi connectivity index (χ4n) is 3.16. The summed E-state index contributed by atoms with van der Waals surface area (Å²) >= 11 is 36.9. The molecule has 0 saturated carbocycles. The molecule has 12 heteroatoms. The zero-order valence-electron chi connectivity index (χ0n) is 16.8. The maximum absolute atomic E-state index is 6.16. The van der Waals surface area contributed by atoms with E-state index in [-0.39, 0.29) is 18.5 Å². The topological polar surface area (TPSA) is 64.4 Å². The number of benzene rings is 2. The first kappa shape index (κ1) is 24.6. The largest absolute Gasteiger partial charge is 0.497 e. The van der Waals surface area contributed by atoms with Crippen LogP contribution in [0.5, 0.6) is 17.2 Å². The van der Waals surface area contributed by atoms with Crippen molar-refractivity contribution in [1.82, 2.24) is 5.32 Å². The van der Waals surface area contributed by atoms with Gasteiger partial charge in [0.05, 0.1) is 7.11 Å². The zero-order valence-corrected chi connectivity index (χ0v) is 21.3. The van der Waals surface area contributed by atoms with Crippen LogP contribution in [0.15, 0.2) is 58.5 Å². The van der Waals surface area contributed by atoms with Crippen molar-refractivity contribution in [3.05, 3.63) is 59.7 Å². The molecule has 0 bridgehead atoms. The van der Waals surface area contributed by atoms with Crippen LogP contribution in [-0.2, 0) is 5.66 Å². The molecule has 2 aliphatic rings. The molecule has 0 amide bonds. The van der Waals surface area contributed by atoms with Crippen LogP contribution in [-0.4, -0.2) is 33.2 Å². The van der Waals surface area contributed by atoms with Crippen molar-refractivity contribution in [2.75, 3.05) is 13.9 Å². The molecule has 0 aromatic heterocycles. The first-order valence-corrected chi connectivity index (χ1v) is 11.6. The number of amidine groups is 2. The molecule has 2 aromatic carbocycles. The smallest absolute Gasteiger partial charge is 0.247 e. The van der Waals surface area contributed by atoms with E-state index >= 15 is 0 Å². The second-order valence-corrected chi connectivity index (χ2v) is 11.5. The van der Waals surface area contributed by atoms with Crippen molar-refractivity contribution in [2.45, 2.75) is 13.2 Å². The quantitative estimate of drug-likeness (QED) is 0.431. The minimum absolute atomic E-state index is 0.0686. The Morgan fingerprint density at radius 2 is 1.52 bits per heavy atom. The maximum atomic E-state index is 6.16. The summed E-state index contributed by atoms with van der Waals surface area (Å²) in [6.45, 7) is 0.0976. The Labute approximate surface area is 220 Å². The number of ether oxygens (including phenoxy) is 3. The van der Waals surface area contributed by atoms with Crippen LogP contribution in [0, 0.1) is 0 Å². The van der Waals surface area contributed by atoms with Gasteiger partial charge in [-0.3, -0.25) is 0 Å². The molecule has 6 nitrogen and oxygen atoms in total. The minimum atomic E-state index is -1.95. The fourth-order valence-corrected chi connectivity index (χ4v) is 3.69. The lowest BCUT2D eigenvalue weighted by molar-refractivity contribution is 0.174. The van der Waals surface area contributed by atoms with Crippen molar-refractivity contribution in [3.8, 4) is 17.2 Å². The molecule has 0 saturated heterocycles. The molecule has 4 rings (SSSR count). The Morgan fingerprint density at radius 1 is 0.909 bits per heavy atom. The second kappa shape index (κ2) is 9.25. The zero-order chi connectivity index (χ0) is 23.9. The van der Waals surface area contributed by atoms with Gasteiger partial charge in [0.1, 0.15) is 5.75 Å². The highest BCUT2D eigenvalue weighted by Crippen LogP contribution is 2.43. The average molecular weight is 570 g/mol. The van der Waals surface area contributed by atoms with Crippen molar-refractivity contribution in [2.24, 2.45) is 9.98 Å². The summed E-state index contributed by atoms with van der Waals surface area (Å²) in [6, 6.07) is 12.6. The number of alkyl halides is 6. The number of nitrogens with zero attached hydrogens (tertiary/aromatic N) is 2. The number of rotatable bonds is 4. The molecule has 0 unspecified atom stereocenters. The highest BCUT2D eigenvalue weighted by atomic mass is 35.6. The average Bonchev–Trinajstić information content (AvgIpc) is 3.24. The van der Waals surface area contributed by atoms with Gasteiger partial charge in [0.15, 0.2) is 28.8 Å². The van der Waals surface area contributed by atoms with Crippen LogP contribution in [0.2, 0.25) is 0 Å². The number of aliphatic imine (C=N–C) groups is 2. The molecule has 0 fully saturated rings. The molecule has 1 N–H and O–H groups in total. The van der Waals surface area contributed by atoms with E-state index in [2.05, 4.69) is 15.3 Å². The Morgan fingerprint density at radius 3 is 2.09 bits per heavy atom. The van der Waals surface area contributed by atoms with E-state index < -0.39 is 13.2 Å². The molecule has 2 heterocycles. The summed E-state index contributed by atoms with van der Waals surface area (Å²) in [6.07, 6.45) is 3.51. The first-order chi connectivity index (χ1) is 15.5. The van der Waals surface area contributed by atoms with Crippen LogP contribution >= 0.6 is 69.6 Å². The van der Waals surface area contributed by atoms with E-state index in [1.807, 2.05) is 24.3 Å². The fraction of sp³-hybridized carbons (Fsp3) is 0.238. The molecule has 174 valence electrons. The summed E-state index contributed by atoms with van der Waals surface area (Å²) < 4.78 is 12.2. The van der Waals surface area contributed by atoms with Crippen LogP contribution in [0.1, 0.15) is 11.1 Å². The van der Waals surface area contributed by atoms with E-state index in [9.17, 15) is 0 Å². The van der Waals surface area contributed by atoms with Gasteiger partial charge in [0.2, 0.25) is 14.4 Å². The van der Waals surface area contributed by atoms with Crippen LogP contribution in [0.25, 0.3) is 6.08 Å². The molecule has 0 aliphatic carbocycles. The Kier molecular flexibility index (Phi) is 6.89. The van der Waals surface area contributed by atoms with Crippen LogP contribution < -0.4 is 19.5 Å². The van der Waals surface area contributed by atoms with Gasteiger partial charge in [-0.1, -0.05) is 93.9 Å². The summed E-state index contributed by atoms with van der Waals surface area (Å²) in [7, 11) is 1.59. The molecule has 33 heavy (non-hydrogen) atoms. The molecule has 2 aliphatic heterocycles. The number of hydrogen-bond acceptors (Lipinski definition) is 6. The Bertz CT molecular complexity index is 1110. The minimum Gasteiger partial charge on any atom is -0.497 e. The van der Waals surface area contributed by atoms with Gasteiger partial charge in [-0.2, -0.15) is 0 Å². The van der Waals surface area contributed by atoms with E-state index in [1.54, 1.807) is 37.5 Å². The van der Waals surface area contributed by atoms with E-state index in [0.29, 0.717) is 22.8 Å². The van der Waals surface area contributed by atoms with Gasteiger partial charge in [-0.25, -0.2) is 9.98 Å². The van der Waals surface area contributed by atoms with Gasteiger partial charge in [-0.05, 0) is 35.9 Å². The maximum Gasteiger partial charge on any atom is 0.247 e. The summed E-state index contributed by atoms with van der Waals surface area (Å²) in [5.74, 6) is 1.67. The van der Waals surface area contributed by atoms with Crippen molar-refractivity contribution in [3.63, 3.8) is 0 Å². The van der Waals surface area contributed by atoms with Gasteiger partial charge < -0.3 is 19.5 Å². The summed E-state index contributed by atoms with van der Waals surface area (Å²) in [5.41, 5.74) is -0.0489. The highest BCUT2D eigenvalue weighted by Gasteiger charge is 2.44. The first-order valence-electron chi connectivity index (χ1n) is 9.35. The molecule has 0 spiro atoms. The van der Waals surface area contributed by atoms with Crippen LogP contribution in [0.4, 0.5) is 0 Å². The standard InChI is InChI=1S/C21H15Cl6N3O3/c1-31-14-5-2-12(3-6-14)8-9-19(13-4-7-15-16(10-13)33-11-32-15)29-17(20(22,23)24)28-18(30-19)21(25,26)27/h2-10H,11H2,1H3,(H,28,29,30). The van der Waals surface area contributed by atoms with Gasteiger partial charge >= 0.3 is 0 Å². The third-order valence-corrected chi connectivity index (χ3v) is 5.83. The summed E-state index contributed by atoms with van der Waals surface area (Å²) in [4.78, 5) is 9.26. The Hall–Kier alpha value is -1.54. The summed E-state index contributed by atoms with van der Waals surface area (Å²) in [5, 5.41) is 2.73. The lowest BCUT2D eigenvalue weighted by Gasteiger charge is -2.34. The predicted molar refractivity (Wildman–Crippen MR) is 135 cm³/mol. The number of nitrogens with one attached hydrogen (secondary N) is 1. The van der Waals surface area contributed by atoms with E-state index in [0.717, 1.165) is 5.56 Å². The van der Waals surface area contributed by atoms with Gasteiger partial charge in [-0.15, -0.1) is 0 Å². The SMILES string of the molecule is COc1ccc(C=CC2(c3ccc4c(c3)OCO4)N=C(C(Cl)(Cl)Cl)NC(C(Cl)(Cl)Cl)=N2)cc1. The van der Waals surface area contributed by atoms with E-state index in [1.165, 1.54) is 0 Å². The predicted octanol–water partition coefficient (Wildman–Crippen LogP) is 6.43. The van der Waals surface area contributed by atoms with Crippen molar-refractivity contribution < 1.29 is 14.2 Å². The van der Waals surface area contributed by atoms with Crippen molar-refractivity contribution in [1.29, 1.82) is 0 Å². The third kappa shape index (κ3) is 5.42. The monoisotopic (exact) mass is 567 g/mol. The number of hydrogen-bond donors (Lipinski definition) is 1. The lowest BCUT2D eigenvalue weighted by atomic mass is 9.97.